The fourth-order valence-electron chi connectivity index (χ4n) is 3.42. The average Bonchev–Trinajstić information content (AvgIpc) is 3.22. The third-order valence-corrected chi connectivity index (χ3v) is 4.69. The molecule has 0 N–H and O–H groups in total. The summed E-state index contributed by atoms with van der Waals surface area (Å²) < 4.78 is 17.8. The quantitative estimate of drug-likeness (QED) is 0.819. The summed E-state index contributed by atoms with van der Waals surface area (Å²) in [5.41, 5.74) is 2.79. The number of benzene rings is 1. The van der Waals surface area contributed by atoms with Gasteiger partial charge in [-0.2, -0.15) is 0 Å². The lowest BCUT2D eigenvalue weighted by Gasteiger charge is -2.34. The van der Waals surface area contributed by atoms with Crippen molar-refractivity contribution in [1.29, 1.82) is 0 Å². The summed E-state index contributed by atoms with van der Waals surface area (Å²) in [5, 5.41) is 8.34. The van der Waals surface area contributed by atoms with E-state index in [4.69, 9.17) is 14.2 Å². The lowest BCUT2D eigenvalue weighted by Crippen LogP contribution is -2.43. The molecule has 0 saturated heterocycles. The van der Waals surface area contributed by atoms with Crippen molar-refractivity contribution in [2.45, 2.75) is 18.9 Å². The van der Waals surface area contributed by atoms with Crippen LogP contribution in [-0.4, -0.2) is 52.9 Å². The minimum Gasteiger partial charge on any atom is -0.454 e. The molecule has 0 unspecified atom stereocenters. The van der Waals surface area contributed by atoms with Gasteiger partial charge in [0.1, 0.15) is 11.7 Å². The summed E-state index contributed by atoms with van der Waals surface area (Å²) in [6.07, 6.45) is 1.04. The highest BCUT2D eigenvalue weighted by atomic mass is 16.7. The number of amides is 1. The highest BCUT2D eigenvalue weighted by molar-refractivity contribution is 5.79. The molecule has 8 heteroatoms. The molecule has 8 nitrogen and oxygen atoms in total. The van der Waals surface area contributed by atoms with Gasteiger partial charge in [0, 0.05) is 27.1 Å². The number of aromatic nitrogens is 3. The molecule has 2 aliphatic rings. The number of carbonyl (C=O) groups excluding carboxylic acids is 1. The normalized spacial score (nSPS) is 18.3. The number of rotatable bonds is 4. The molecule has 4 rings (SSSR count). The second kappa shape index (κ2) is 6.36. The van der Waals surface area contributed by atoms with Crippen LogP contribution < -0.4 is 9.47 Å². The van der Waals surface area contributed by atoms with Gasteiger partial charge < -0.3 is 19.1 Å². The van der Waals surface area contributed by atoms with Gasteiger partial charge in [-0.3, -0.25) is 9.48 Å². The summed E-state index contributed by atoms with van der Waals surface area (Å²) in [7, 11) is 3.50. The Balaban J connectivity index is 1.54. The van der Waals surface area contributed by atoms with E-state index in [0.29, 0.717) is 25.3 Å². The van der Waals surface area contributed by atoms with E-state index >= 15 is 0 Å². The molecule has 1 amide bonds. The molecule has 25 heavy (non-hydrogen) atoms. The second-order valence-electron chi connectivity index (χ2n) is 6.22. The van der Waals surface area contributed by atoms with Crippen LogP contribution in [-0.2, 0) is 29.4 Å². The van der Waals surface area contributed by atoms with Gasteiger partial charge in [0.25, 0.3) is 0 Å². The van der Waals surface area contributed by atoms with E-state index < -0.39 is 0 Å². The number of nitrogens with zero attached hydrogens (tertiary/aromatic N) is 4. The fraction of sp³-hybridized carbons (Fsp3) is 0.471. The Labute approximate surface area is 145 Å². The lowest BCUT2D eigenvalue weighted by atomic mass is 10.0. The first-order chi connectivity index (χ1) is 12.2. The van der Waals surface area contributed by atoms with E-state index in [2.05, 4.69) is 10.3 Å². The molecule has 132 valence electrons. The SMILES string of the molecule is COC[C@@H]1c2nnn(C)c2CCN1C(=O)Cc1ccc2c(c1)OCO2. The molecule has 0 radical (unpaired) electrons. The summed E-state index contributed by atoms with van der Waals surface area (Å²) >= 11 is 0. The summed E-state index contributed by atoms with van der Waals surface area (Å²) in [6.45, 7) is 1.26. The van der Waals surface area contributed by atoms with Crippen molar-refractivity contribution >= 4 is 5.91 Å². The number of hydrogen-bond donors (Lipinski definition) is 0. The molecule has 2 aromatic rings. The van der Waals surface area contributed by atoms with Gasteiger partial charge in [-0.25, -0.2) is 0 Å². The van der Waals surface area contributed by atoms with Gasteiger partial charge in [-0.05, 0) is 17.7 Å². The van der Waals surface area contributed by atoms with Gasteiger partial charge in [0.2, 0.25) is 12.7 Å². The van der Waals surface area contributed by atoms with Crippen molar-refractivity contribution in [3.8, 4) is 11.5 Å². The average molecular weight is 344 g/mol. The zero-order valence-corrected chi connectivity index (χ0v) is 14.3. The molecule has 0 fully saturated rings. The largest absolute Gasteiger partial charge is 0.454 e. The molecule has 1 aromatic heterocycles. The van der Waals surface area contributed by atoms with Crippen molar-refractivity contribution < 1.29 is 19.0 Å². The van der Waals surface area contributed by atoms with E-state index in [1.807, 2.05) is 30.1 Å². The zero-order chi connectivity index (χ0) is 17.4. The minimum absolute atomic E-state index is 0.0391. The number of hydrogen-bond acceptors (Lipinski definition) is 6. The second-order valence-corrected chi connectivity index (χ2v) is 6.22. The van der Waals surface area contributed by atoms with E-state index in [9.17, 15) is 4.79 Å². The van der Waals surface area contributed by atoms with E-state index in [0.717, 1.165) is 29.1 Å². The highest BCUT2D eigenvalue weighted by Gasteiger charge is 2.34. The van der Waals surface area contributed by atoms with Gasteiger partial charge in [0.15, 0.2) is 11.5 Å². The third kappa shape index (κ3) is 2.82. The fourth-order valence-corrected chi connectivity index (χ4v) is 3.42. The standard InChI is InChI=1S/C17H20N4O4/c1-20-12-5-6-21(13(9-23-2)17(12)18-19-20)16(22)8-11-3-4-14-15(7-11)25-10-24-14/h3-4,7,13H,5-6,8-10H2,1-2H3/t13-/m1/s1. The summed E-state index contributed by atoms with van der Waals surface area (Å²) in [5.74, 6) is 1.45. The number of fused-ring (bicyclic) bond motifs is 2. The molecule has 3 heterocycles. The maximum atomic E-state index is 12.9. The topological polar surface area (TPSA) is 78.7 Å². The van der Waals surface area contributed by atoms with E-state index in [1.54, 1.807) is 11.8 Å². The Hall–Kier alpha value is -2.61. The summed E-state index contributed by atoms with van der Waals surface area (Å²) in [6, 6.07) is 5.40. The molecule has 0 spiro atoms. The number of aryl methyl sites for hydroxylation is 1. The van der Waals surface area contributed by atoms with Crippen LogP contribution in [0.5, 0.6) is 11.5 Å². The van der Waals surface area contributed by atoms with Gasteiger partial charge in [-0.1, -0.05) is 11.3 Å². The van der Waals surface area contributed by atoms with Crippen molar-refractivity contribution in [3.05, 3.63) is 35.2 Å². The Morgan fingerprint density at radius 1 is 1.36 bits per heavy atom. The molecule has 0 saturated carbocycles. The first kappa shape index (κ1) is 15.9. The van der Waals surface area contributed by atoms with Crippen LogP contribution in [0.15, 0.2) is 18.2 Å². The molecular weight excluding hydrogens is 324 g/mol. The first-order valence-electron chi connectivity index (χ1n) is 8.22. The maximum absolute atomic E-state index is 12.9. The molecule has 1 aromatic carbocycles. The third-order valence-electron chi connectivity index (χ3n) is 4.69. The van der Waals surface area contributed by atoms with Crippen LogP contribution in [0.1, 0.15) is 23.0 Å². The molecule has 0 aliphatic carbocycles. The monoisotopic (exact) mass is 344 g/mol. The zero-order valence-electron chi connectivity index (χ0n) is 14.3. The summed E-state index contributed by atoms with van der Waals surface area (Å²) in [4.78, 5) is 14.8. The van der Waals surface area contributed by atoms with Crippen LogP contribution >= 0.6 is 0 Å². The molecule has 0 bridgehead atoms. The van der Waals surface area contributed by atoms with Gasteiger partial charge >= 0.3 is 0 Å². The van der Waals surface area contributed by atoms with Crippen LogP contribution in [0.4, 0.5) is 0 Å². The smallest absolute Gasteiger partial charge is 0.231 e. The van der Waals surface area contributed by atoms with Crippen LogP contribution in [0.3, 0.4) is 0 Å². The maximum Gasteiger partial charge on any atom is 0.231 e. The van der Waals surface area contributed by atoms with Crippen molar-refractivity contribution in [2.75, 3.05) is 27.1 Å². The van der Waals surface area contributed by atoms with E-state index in [-0.39, 0.29) is 18.7 Å². The Morgan fingerprint density at radius 2 is 2.20 bits per heavy atom. The van der Waals surface area contributed by atoms with Crippen LogP contribution in [0.25, 0.3) is 0 Å². The van der Waals surface area contributed by atoms with Crippen molar-refractivity contribution in [2.24, 2.45) is 7.05 Å². The predicted molar refractivity (Wildman–Crippen MR) is 87.3 cm³/mol. The Morgan fingerprint density at radius 3 is 3.04 bits per heavy atom. The molecular formula is C17H20N4O4. The van der Waals surface area contributed by atoms with Gasteiger partial charge in [-0.15, -0.1) is 5.10 Å². The Kier molecular flexibility index (Phi) is 4.04. The highest BCUT2D eigenvalue weighted by Crippen LogP contribution is 2.33. The van der Waals surface area contributed by atoms with Gasteiger partial charge in [0.05, 0.1) is 18.7 Å². The molecule has 1 atom stereocenters. The lowest BCUT2D eigenvalue weighted by molar-refractivity contribution is -0.134. The van der Waals surface area contributed by atoms with Crippen LogP contribution in [0.2, 0.25) is 0 Å². The van der Waals surface area contributed by atoms with Crippen molar-refractivity contribution in [3.63, 3.8) is 0 Å². The van der Waals surface area contributed by atoms with Crippen LogP contribution in [0, 0.1) is 0 Å². The Bertz CT molecular complexity index is 804. The molecule has 2 aliphatic heterocycles. The predicted octanol–water partition coefficient (Wildman–Crippen LogP) is 0.859. The minimum atomic E-state index is -0.205. The van der Waals surface area contributed by atoms with Crippen molar-refractivity contribution in [1.82, 2.24) is 19.9 Å². The van der Waals surface area contributed by atoms with E-state index in [1.165, 1.54) is 0 Å². The first-order valence-corrected chi connectivity index (χ1v) is 8.22. The number of carbonyl (C=O) groups is 1. The number of ether oxygens (including phenoxy) is 3. The number of methoxy groups -OCH3 is 1.